The second kappa shape index (κ2) is 14.2. The summed E-state index contributed by atoms with van der Waals surface area (Å²) in [5, 5.41) is 17.0. The van der Waals surface area contributed by atoms with Gasteiger partial charge >= 0.3 is 6.18 Å². The number of hydrogen-bond donors (Lipinski definition) is 3. The van der Waals surface area contributed by atoms with E-state index in [1.807, 2.05) is 13.0 Å². The van der Waals surface area contributed by atoms with Crippen molar-refractivity contribution in [2.75, 3.05) is 52.5 Å². The quantitative estimate of drug-likeness (QED) is 0.227. The first-order valence-corrected chi connectivity index (χ1v) is 10.4. The summed E-state index contributed by atoms with van der Waals surface area (Å²) < 4.78 is 46.7. The zero-order valence-electron chi connectivity index (χ0n) is 18.6. The largest absolute Gasteiger partial charge is 0.411 e. The molecule has 1 aromatic rings. The van der Waals surface area contributed by atoms with Crippen LogP contribution in [0, 0.1) is 0 Å². The molecule has 0 saturated carbocycles. The van der Waals surface area contributed by atoms with Crippen LogP contribution >= 0.6 is 24.0 Å². The first-order valence-electron chi connectivity index (χ1n) is 10.4. The molecule has 1 aromatic carbocycles. The van der Waals surface area contributed by atoms with Crippen LogP contribution in [-0.4, -0.2) is 80.3 Å². The maximum Gasteiger partial charge on any atom is 0.411 e. The Kier molecular flexibility index (Phi) is 12.8. The molecule has 7 nitrogen and oxygen atoms in total. The van der Waals surface area contributed by atoms with Gasteiger partial charge in [-0.1, -0.05) is 24.3 Å². The number of morpholine rings is 1. The SMILES string of the molecule is CCNC(=NCc1cccc(COCC(F)(F)F)c1)NCC(C)(O)CN1CCOCC1.I. The predicted octanol–water partition coefficient (Wildman–Crippen LogP) is 2.52. The van der Waals surface area contributed by atoms with E-state index in [4.69, 9.17) is 9.47 Å². The van der Waals surface area contributed by atoms with Gasteiger partial charge in [0.1, 0.15) is 6.61 Å². The average molecular weight is 574 g/mol. The second-order valence-corrected chi connectivity index (χ2v) is 7.86. The Morgan fingerprint density at radius 1 is 1.22 bits per heavy atom. The van der Waals surface area contributed by atoms with Crippen molar-refractivity contribution in [3.63, 3.8) is 0 Å². The fraction of sp³-hybridized carbons (Fsp3) is 0.667. The Morgan fingerprint density at radius 3 is 2.56 bits per heavy atom. The summed E-state index contributed by atoms with van der Waals surface area (Å²) in [5.74, 6) is 0.559. The van der Waals surface area contributed by atoms with Crippen molar-refractivity contribution in [1.82, 2.24) is 15.5 Å². The van der Waals surface area contributed by atoms with Gasteiger partial charge in [-0.15, -0.1) is 24.0 Å². The summed E-state index contributed by atoms with van der Waals surface area (Å²) >= 11 is 0. The zero-order valence-corrected chi connectivity index (χ0v) is 20.9. The summed E-state index contributed by atoms with van der Waals surface area (Å²) in [6, 6.07) is 7.12. The third-order valence-electron chi connectivity index (χ3n) is 4.59. The molecule has 2 rings (SSSR count). The van der Waals surface area contributed by atoms with Crippen LogP contribution in [0.15, 0.2) is 29.3 Å². The van der Waals surface area contributed by atoms with Gasteiger partial charge in [0.25, 0.3) is 0 Å². The van der Waals surface area contributed by atoms with Gasteiger partial charge in [-0.05, 0) is 25.0 Å². The predicted molar refractivity (Wildman–Crippen MR) is 128 cm³/mol. The lowest BCUT2D eigenvalue weighted by Gasteiger charge is -2.34. The van der Waals surface area contributed by atoms with Crippen molar-refractivity contribution in [3.8, 4) is 0 Å². The Balaban J connectivity index is 0.00000512. The Bertz CT molecular complexity index is 699. The Labute approximate surface area is 204 Å². The molecule has 0 amide bonds. The Morgan fingerprint density at radius 2 is 1.91 bits per heavy atom. The lowest BCUT2D eigenvalue weighted by Crippen LogP contribution is -2.52. The highest BCUT2D eigenvalue weighted by atomic mass is 127. The summed E-state index contributed by atoms with van der Waals surface area (Å²) in [4.78, 5) is 6.69. The van der Waals surface area contributed by atoms with Gasteiger partial charge in [0.05, 0.1) is 32.0 Å². The minimum absolute atomic E-state index is 0. The van der Waals surface area contributed by atoms with Crippen LogP contribution in [0.25, 0.3) is 0 Å². The maximum atomic E-state index is 12.2. The van der Waals surface area contributed by atoms with Gasteiger partial charge in [-0.25, -0.2) is 4.99 Å². The van der Waals surface area contributed by atoms with Crippen LogP contribution in [-0.2, 0) is 22.6 Å². The third-order valence-corrected chi connectivity index (χ3v) is 4.59. The van der Waals surface area contributed by atoms with Gasteiger partial charge in [0.2, 0.25) is 0 Å². The third kappa shape index (κ3) is 12.2. The van der Waals surface area contributed by atoms with E-state index >= 15 is 0 Å². The zero-order chi connectivity index (χ0) is 22.7. The minimum Gasteiger partial charge on any atom is -0.387 e. The molecule has 0 spiro atoms. The first-order chi connectivity index (χ1) is 14.7. The van der Waals surface area contributed by atoms with Crippen molar-refractivity contribution >= 4 is 29.9 Å². The monoisotopic (exact) mass is 574 g/mol. The van der Waals surface area contributed by atoms with Gasteiger partial charge in [0.15, 0.2) is 5.96 Å². The number of nitrogens with one attached hydrogen (secondary N) is 2. The van der Waals surface area contributed by atoms with Crippen LogP contribution in [0.5, 0.6) is 0 Å². The van der Waals surface area contributed by atoms with E-state index in [-0.39, 0.29) is 30.6 Å². The van der Waals surface area contributed by atoms with Gasteiger partial charge in [0, 0.05) is 32.7 Å². The topological polar surface area (TPSA) is 78.4 Å². The van der Waals surface area contributed by atoms with Gasteiger partial charge in [-0.3, -0.25) is 4.90 Å². The standard InChI is InChI=1S/C21H33F3N4O3.HI/c1-3-25-19(27-14-20(2,29)15-28-7-9-30-10-8-28)26-12-17-5-4-6-18(11-17)13-31-16-21(22,23)24;/h4-6,11,29H,3,7-10,12-16H2,1-2H3,(H2,25,26,27);1H. The van der Waals surface area contributed by atoms with Crippen LogP contribution < -0.4 is 10.6 Å². The normalized spacial score (nSPS) is 17.4. The summed E-state index contributed by atoms with van der Waals surface area (Å²) in [5.41, 5.74) is 0.567. The molecular formula is C21H34F3IN4O3. The summed E-state index contributed by atoms with van der Waals surface area (Å²) in [6.45, 7) is 7.14. The maximum absolute atomic E-state index is 12.2. The van der Waals surface area contributed by atoms with Crippen molar-refractivity contribution in [2.24, 2.45) is 4.99 Å². The summed E-state index contributed by atoms with van der Waals surface area (Å²) in [7, 11) is 0. The molecule has 3 N–H and O–H groups in total. The fourth-order valence-electron chi connectivity index (χ4n) is 3.19. The van der Waals surface area contributed by atoms with Crippen LogP contribution in [0.3, 0.4) is 0 Å². The van der Waals surface area contributed by atoms with Crippen molar-refractivity contribution in [2.45, 2.75) is 38.8 Å². The van der Waals surface area contributed by atoms with E-state index in [1.165, 1.54) is 0 Å². The van der Waals surface area contributed by atoms with E-state index in [0.29, 0.717) is 50.9 Å². The molecular weight excluding hydrogens is 540 g/mol. The molecule has 11 heteroatoms. The molecule has 1 atom stereocenters. The lowest BCUT2D eigenvalue weighted by atomic mass is 10.1. The molecule has 1 saturated heterocycles. The highest BCUT2D eigenvalue weighted by molar-refractivity contribution is 14.0. The molecule has 1 unspecified atom stereocenters. The number of halogens is 4. The molecule has 1 fully saturated rings. The van der Waals surface area contributed by atoms with E-state index in [2.05, 4.69) is 20.5 Å². The number of guanidine groups is 1. The molecule has 0 aliphatic carbocycles. The van der Waals surface area contributed by atoms with E-state index < -0.39 is 18.4 Å². The number of aliphatic hydroxyl groups is 1. The second-order valence-electron chi connectivity index (χ2n) is 7.86. The van der Waals surface area contributed by atoms with Crippen LogP contribution in [0.4, 0.5) is 13.2 Å². The molecule has 0 radical (unpaired) electrons. The highest BCUT2D eigenvalue weighted by Gasteiger charge is 2.27. The molecule has 1 aliphatic rings. The molecule has 0 aromatic heterocycles. The number of rotatable bonds is 10. The number of ether oxygens (including phenoxy) is 2. The number of hydrogen-bond acceptors (Lipinski definition) is 5. The smallest absolute Gasteiger partial charge is 0.387 e. The van der Waals surface area contributed by atoms with E-state index in [1.54, 1.807) is 25.1 Å². The molecule has 32 heavy (non-hydrogen) atoms. The molecule has 0 bridgehead atoms. The molecule has 1 aliphatic heterocycles. The number of benzene rings is 1. The number of β-amino-alcohol motifs (C(OH)–C–C–N with tert-alkyl or cyclic N) is 1. The summed E-state index contributed by atoms with van der Waals surface area (Å²) in [6.07, 6.45) is -4.34. The van der Waals surface area contributed by atoms with Gasteiger partial charge in [-0.2, -0.15) is 13.2 Å². The molecule has 1 heterocycles. The highest BCUT2D eigenvalue weighted by Crippen LogP contribution is 2.16. The fourth-order valence-corrected chi connectivity index (χ4v) is 3.19. The number of nitrogens with zero attached hydrogens (tertiary/aromatic N) is 2. The van der Waals surface area contributed by atoms with Crippen LogP contribution in [0.2, 0.25) is 0 Å². The van der Waals surface area contributed by atoms with Crippen molar-refractivity contribution in [1.29, 1.82) is 0 Å². The number of alkyl halides is 3. The number of aliphatic imine (C=N–C) groups is 1. The Hall–Kier alpha value is -1.15. The lowest BCUT2D eigenvalue weighted by molar-refractivity contribution is -0.176. The van der Waals surface area contributed by atoms with Crippen LogP contribution in [0.1, 0.15) is 25.0 Å². The van der Waals surface area contributed by atoms with Crippen molar-refractivity contribution < 1.29 is 27.8 Å². The van der Waals surface area contributed by atoms with Crippen molar-refractivity contribution in [3.05, 3.63) is 35.4 Å². The van der Waals surface area contributed by atoms with Gasteiger partial charge < -0.3 is 25.2 Å². The van der Waals surface area contributed by atoms with E-state index in [0.717, 1.165) is 18.7 Å². The molecule has 184 valence electrons. The first kappa shape index (κ1) is 28.9. The average Bonchev–Trinajstić information content (AvgIpc) is 2.70. The minimum atomic E-state index is -4.34. The van der Waals surface area contributed by atoms with E-state index in [9.17, 15) is 18.3 Å².